The minimum absolute atomic E-state index is 0.0617. The molecular weight excluding hydrogens is 206 g/mol. The molecule has 1 fully saturated rings. The summed E-state index contributed by atoms with van der Waals surface area (Å²) >= 11 is 0. The number of hydrogen-bond donors (Lipinski definition) is 2. The Morgan fingerprint density at radius 3 is 3.00 bits per heavy atom. The molecule has 5 heteroatoms. The van der Waals surface area contributed by atoms with E-state index in [1.165, 1.54) is 0 Å². The number of ether oxygens (including phenoxy) is 1. The van der Waals surface area contributed by atoms with Crippen LogP contribution in [0.2, 0.25) is 0 Å². The zero-order valence-corrected chi connectivity index (χ0v) is 10.2. The molecule has 1 amide bonds. The zero-order chi connectivity index (χ0) is 12.0. The predicted molar refractivity (Wildman–Crippen MR) is 63.1 cm³/mol. The number of hydrogen-bond acceptors (Lipinski definition) is 4. The summed E-state index contributed by atoms with van der Waals surface area (Å²) in [5.41, 5.74) is 5.63. The summed E-state index contributed by atoms with van der Waals surface area (Å²) in [6.45, 7) is 5.71. The number of carbonyl (C=O) groups is 1. The van der Waals surface area contributed by atoms with Gasteiger partial charge in [-0.25, -0.2) is 0 Å². The molecule has 1 aliphatic rings. The molecular formula is C11H23N3O2. The Bertz CT molecular complexity index is 223. The van der Waals surface area contributed by atoms with Crippen LogP contribution in [0.3, 0.4) is 0 Å². The highest BCUT2D eigenvalue weighted by molar-refractivity contribution is 5.81. The lowest BCUT2D eigenvalue weighted by atomic mass is 10.1. The standard InChI is InChI=1S/C11H23N3O2/c1-9(11(15)13-4-6-16-2)14-5-3-10(7-12)8-14/h9-10H,3-8,12H2,1-2H3,(H,13,15). The van der Waals surface area contributed by atoms with Gasteiger partial charge in [-0.1, -0.05) is 0 Å². The smallest absolute Gasteiger partial charge is 0.237 e. The van der Waals surface area contributed by atoms with Crippen LogP contribution >= 0.6 is 0 Å². The first-order chi connectivity index (χ1) is 7.69. The van der Waals surface area contributed by atoms with E-state index in [-0.39, 0.29) is 11.9 Å². The number of likely N-dealkylation sites (tertiary alicyclic amines) is 1. The second-order valence-corrected chi connectivity index (χ2v) is 4.35. The fourth-order valence-electron chi connectivity index (χ4n) is 2.00. The van der Waals surface area contributed by atoms with Gasteiger partial charge in [-0.2, -0.15) is 0 Å². The van der Waals surface area contributed by atoms with E-state index in [0.717, 1.165) is 19.5 Å². The van der Waals surface area contributed by atoms with E-state index < -0.39 is 0 Å². The molecule has 0 spiro atoms. The van der Waals surface area contributed by atoms with Crippen LogP contribution in [0.25, 0.3) is 0 Å². The Hall–Kier alpha value is -0.650. The van der Waals surface area contributed by atoms with E-state index in [1.54, 1.807) is 7.11 Å². The van der Waals surface area contributed by atoms with Crippen molar-refractivity contribution in [3.63, 3.8) is 0 Å². The summed E-state index contributed by atoms with van der Waals surface area (Å²) in [7, 11) is 1.63. The molecule has 1 rings (SSSR count). The SMILES string of the molecule is COCCNC(=O)C(C)N1CCC(CN)C1. The monoisotopic (exact) mass is 229 g/mol. The third-order valence-corrected chi connectivity index (χ3v) is 3.18. The fraction of sp³-hybridized carbons (Fsp3) is 0.909. The highest BCUT2D eigenvalue weighted by atomic mass is 16.5. The van der Waals surface area contributed by atoms with Crippen LogP contribution in [-0.4, -0.2) is 56.7 Å². The Balaban J connectivity index is 2.28. The topological polar surface area (TPSA) is 67.6 Å². The van der Waals surface area contributed by atoms with Crippen molar-refractivity contribution in [2.75, 3.05) is 39.9 Å². The van der Waals surface area contributed by atoms with E-state index >= 15 is 0 Å². The van der Waals surface area contributed by atoms with Gasteiger partial charge < -0.3 is 15.8 Å². The van der Waals surface area contributed by atoms with Crippen LogP contribution in [-0.2, 0) is 9.53 Å². The first-order valence-corrected chi connectivity index (χ1v) is 5.89. The molecule has 3 N–H and O–H groups in total. The van der Waals surface area contributed by atoms with Crippen LogP contribution < -0.4 is 11.1 Å². The number of nitrogens with two attached hydrogens (primary N) is 1. The lowest BCUT2D eigenvalue weighted by molar-refractivity contribution is -0.125. The number of nitrogens with zero attached hydrogens (tertiary/aromatic N) is 1. The van der Waals surface area contributed by atoms with E-state index in [0.29, 0.717) is 25.6 Å². The molecule has 2 atom stereocenters. The molecule has 1 saturated heterocycles. The lowest BCUT2D eigenvalue weighted by Crippen LogP contribution is -2.45. The Morgan fingerprint density at radius 2 is 2.44 bits per heavy atom. The molecule has 1 heterocycles. The van der Waals surface area contributed by atoms with Crippen molar-refractivity contribution in [3.05, 3.63) is 0 Å². The Morgan fingerprint density at radius 1 is 1.69 bits per heavy atom. The van der Waals surface area contributed by atoms with E-state index in [2.05, 4.69) is 10.2 Å². The van der Waals surface area contributed by atoms with Crippen LogP contribution in [0.15, 0.2) is 0 Å². The summed E-state index contributed by atoms with van der Waals surface area (Å²) in [6.07, 6.45) is 1.10. The summed E-state index contributed by atoms with van der Waals surface area (Å²) in [5, 5.41) is 2.86. The van der Waals surface area contributed by atoms with Gasteiger partial charge in [-0.15, -0.1) is 0 Å². The van der Waals surface area contributed by atoms with Gasteiger partial charge in [0, 0.05) is 20.2 Å². The van der Waals surface area contributed by atoms with Gasteiger partial charge in [-0.3, -0.25) is 9.69 Å². The van der Waals surface area contributed by atoms with Gasteiger partial charge in [0.05, 0.1) is 12.6 Å². The van der Waals surface area contributed by atoms with E-state index in [4.69, 9.17) is 10.5 Å². The minimum Gasteiger partial charge on any atom is -0.383 e. The quantitative estimate of drug-likeness (QED) is 0.598. The third kappa shape index (κ3) is 3.73. The molecule has 0 aromatic heterocycles. The highest BCUT2D eigenvalue weighted by Crippen LogP contribution is 2.17. The van der Waals surface area contributed by atoms with Gasteiger partial charge >= 0.3 is 0 Å². The average Bonchev–Trinajstić information content (AvgIpc) is 2.76. The van der Waals surface area contributed by atoms with Crippen molar-refractivity contribution < 1.29 is 9.53 Å². The largest absolute Gasteiger partial charge is 0.383 e. The molecule has 2 unspecified atom stereocenters. The summed E-state index contributed by atoms with van der Waals surface area (Å²) < 4.78 is 4.89. The van der Waals surface area contributed by atoms with Crippen LogP contribution in [0, 0.1) is 5.92 Å². The average molecular weight is 229 g/mol. The highest BCUT2D eigenvalue weighted by Gasteiger charge is 2.28. The molecule has 0 bridgehead atoms. The van der Waals surface area contributed by atoms with Crippen molar-refractivity contribution in [2.24, 2.45) is 11.7 Å². The molecule has 0 aliphatic carbocycles. The lowest BCUT2D eigenvalue weighted by Gasteiger charge is -2.23. The molecule has 0 aromatic rings. The van der Waals surface area contributed by atoms with Gasteiger partial charge in [0.25, 0.3) is 0 Å². The molecule has 0 radical (unpaired) electrons. The summed E-state index contributed by atoms with van der Waals surface area (Å²) in [6, 6.07) is -0.0617. The summed E-state index contributed by atoms with van der Waals surface area (Å²) in [5.74, 6) is 0.629. The van der Waals surface area contributed by atoms with Crippen molar-refractivity contribution in [3.8, 4) is 0 Å². The van der Waals surface area contributed by atoms with Crippen LogP contribution in [0.1, 0.15) is 13.3 Å². The maximum atomic E-state index is 11.8. The van der Waals surface area contributed by atoms with Gasteiger partial charge in [0.2, 0.25) is 5.91 Å². The third-order valence-electron chi connectivity index (χ3n) is 3.18. The van der Waals surface area contributed by atoms with Crippen molar-refractivity contribution >= 4 is 5.91 Å². The second-order valence-electron chi connectivity index (χ2n) is 4.35. The van der Waals surface area contributed by atoms with Gasteiger partial charge in [0.1, 0.15) is 0 Å². The first-order valence-electron chi connectivity index (χ1n) is 5.89. The molecule has 5 nitrogen and oxygen atoms in total. The number of amides is 1. The number of nitrogens with one attached hydrogen (secondary N) is 1. The maximum absolute atomic E-state index is 11.8. The Labute approximate surface area is 97.3 Å². The summed E-state index contributed by atoms with van der Waals surface area (Å²) in [4.78, 5) is 14.0. The predicted octanol–water partition coefficient (Wildman–Crippen LogP) is -0.582. The van der Waals surface area contributed by atoms with Crippen LogP contribution in [0.5, 0.6) is 0 Å². The molecule has 94 valence electrons. The molecule has 0 saturated carbocycles. The van der Waals surface area contributed by atoms with Crippen molar-refractivity contribution in [1.29, 1.82) is 0 Å². The van der Waals surface area contributed by atoms with Gasteiger partial charge in [0.15, 0.2) is 0 Å². The first kappa shape index (κ1) is 13.4. The van der Waals surface area contributed by atoms with Crippen molar-refractivity contribution in [1.82, 2.24) is 10.2 Å². The fourth-order valence-corrected chi connectivity index (χ4v) is 2.00. The second kappa shape index (κ2) is 6.83. The normalized spacial score (nSPS) is 23.3. The number of carbonyl (C=O) groups excluding carboxylic acids is 1. The molecule has 1 aliphatic heterocycles. The Kier molecular flexibility index (Phi) is 5.73. The maximum Gasteiger partial charge on any atom is 0.237 e. The van der Waals surface area contributed by atoms with Crippen molar-refractivity contribution in [2.45, 2.75) is 19.4 Å². The molecule has 16 heavy (non-hydrogen) atoms. The van der Waals surface area contributed by atoms with Crippen LogP contribution in [0.4, 0.5) is 0 Å². The zero-order valence-electron chi connectivity index (χ0n) is 10.2. The number of methoxy groups -OCH3 is 1. The van der Waals surface area contributed by atoms with E-state index in [9.17, 15) is 4.79 Å². The minimum atomic E-state index is -0.0617. The van der Waals surface area contributed by atoms with Gasteiger partial charge in [-0.05, 0) is 32.4 Å². The van der Waals surface area contributed by atoms with E-state index in [1.807, 2.05) is 6.92 Å². The molecule has 0 aromatic carbocycles. The number of rotatable bonds is 6.